The zero-order chi connectivity index (χ0) is 30.3. The van der Waals surface area contributed by atoms with Crippen LogP contribution in [0.25, 0.3) is 0 Å². The molecule has 2 aromatic carbocycles. The highest BCUT2D eigenvalue weighted by Crippen LogP contribution is 2.41. The fourth-order valence-corrected chi connectivity index (χ4v) is 5.04. The van der Waals surface area contributed by atoms with Crippen LogP contribution in [0.3, 0.4) is 0 Å². The molecule has 220 valence electrons. The van der Waals surface area contributed by atoms with Crippen LogP contribution < -0.4 is 14.4 Å². The van der Waals surface area contributed by atoms with Gasteiger partial charge in [-0.1, -0.05) is 0 Å². The zero-order valence-electron chi connectivity index (χ0n) is 20.6. The molecule has 2 N–H and O–H groups in total. The number of aliphatic carboxylic acids is 1. The molecule has 1 amide bonds. The van der Waals surface area contributed by atoms with Crippen molar-refractivity contribution in [1.82, 2.24) is 0 Å². The summed E-state index contributed by atoms with van der Waals surface area (Å²) in [7, 11) is -4.97. The lowest BCUT2D eigenvalue weighted by Crippen LogP contribution is -2.44. The first-order valence-electron chi connectivity index (χ1n) is 11.2. The summed E-state index contributed by atoms with van der Waals surface area (Å²) in [5.74, 6) is -2.97. The Kier molecular flexibility index (Phi) is 8.21. The molecular formula is C23H21F7N2O7S. The molecule has 0 aromatic heterocycles. The van der Waals surface area contributed by atoms with Crippen molar-refractivity contribution in [3.63, 3.8) is 0 Å². The van der Waals surface area contributed by atoms with Crippen molar-refractivity contribution in [2.45, 2.75) is 55.6 Å². The van der Waals surface area contributed by atoms with Crippen LogP contribution in [0.4, 0.5) is 46.9 Å². The van der Waals surface area contributed by atoms with E-state index in [1.54, 1.807) is 0 Å². The number of nitrogens with zero attached hydrogens (tertiary/aromatic N) is 1. The molecule has 0 spiro atoms. The van der Waals surface area contributed by atoms with Gasteiger partial charge in [0.1, 0.15) is 17.7 Å². The van der Waals surface area contributed by atoms with Gasteiger partial charge in [0.25, 0.3) is 10.0 Å². The fraction of sp³-hybridized carbons (Fsp3) is 0.391. The molecule has 9 nitrogen and oxygen atoms in total. The van der Waals surface area contributed by atoms with Gasteiger partial charge in [0.15, 0.2) is 0 Å². The van der Waals surface area contributed by atoms with Crippen molar-refractivity contribution in [2.75, 3.05) is 16.2 Å². The van der Waals surface area contributed by atoms with E-state index in [0.717, 1.165) is 18.2 Å². The number of hydrogen-bond donors (Lipinski definition) is 2. The van der Waals surface area contributed by atoms with E-state index < -0.39 is 75.4 Å². The monoisotopic (exact) mass is 602 g/mol. The first-order chi connectivity index (χ1) is 18.2. The van der Waals surface area contributed by atoms with Gasteiger partial charge in [-0.25, -0.2) is 17.6 Å². The number of anilines is 2. The second-order valence-corrected chi connectivity index (χ2v) is 10.9. The number of carboxylic acids is 1. The van der Waals surface area contributed by atoms with E-state index in [-0.39, 0.29) is 35.7 Å². The van der Waals surface area contributed by atoms with Gasteiger partial charge < -0.3 is 14.6 Å². The van der Waals surface area contributed by atoms with E-state index in [9.17, 15) is 48.7 Å². The minimum atomic E-state index is -5.10. The average Bonchev–Trinajstić information content (AvgIpc) is 2.80. The predicted molar refractivity (Wildman–Crippen MR) is 124 cm³/mol. The Morgan fingerprint density at radius 1 is 1.10 bits per heavy atom. The van der Waals surface area contributed by atoms with E-state index in [1.807, 2.05) is 5.32 Å². The zero-order valence-corrected chi connectivity index (χ0v) is 21.4. The standard InChI is InChI=1S/C23H21F7N2O7S/c1-21(2,23(28,29)30)39-20(35)31-14-3-5-18-17(10-14)32(11-15(38-18)4-6-19(33)34)40(36,37)16-8-12(22(25,26)27)7-13(24)9-16/h3,5,7-10,15H,4,6,11H2,1-2H3,(H,31,35)(H,33,34)/t15-/m0/s1. The number of benzene rings is 2. The van der Waals surface area contributed by atoms with Gasteiger partial charge in [-0.05, 0) is 56.7 Å². The maximum absolute atomic E-state index is 14.1. The number of halogens is 7. The summed E-state index contributed by atoms with van der Waals surface area (Å²) < 4.78 is 130. The first kappa shape index (κ1) is 30.8. The van der Waals surface area contributed by atoms with Crippen LogP contribution >= 0.6 is 0 Å². The highest BCUT2D eigenvalue weighted by atomic mass is 32.2. The molecule has 0 radical (unpaired) electrons. The lowest BCUT2D eigenvalue weighted by molar-refractivity contribution is -0.242. The van der Waals surface area contributed by atoms with Crippen molar-refractivity contribution >= 4 is 33.5 Å². The van der Waals surface area contributed by atoms with Gasteiger partial charge in [0, 0.05) is 12.1 Å². The number of carbonyl (C=O) groups excluding carboxylic acids is 1. The van der Waals surface area contributed by atoms with E-state index in [4.69, 9.17) is 9.84 Å². The summed E-state index contributed by atoms with van der Waals surface area (Å²) in [6, 6.07) is 3.80. The van der Waals surface area contributed by atoms with Crippen molar-refractivity contribution < 1.29 is 63.3 Å². The molecule has 17 heteroatoms. The minimum Gasteiger partial charge on any atom is -0.486 e. The Labute approximate surface area is 222 Å². The van der Waals surface area contributed by atoms with Crippen LogP contribution in [0.1, 0.15) is 32.3 Å². The van der Waals surface area contributed by atoms with Gasteiger partial charge in [-0.3, -0.25) is 14.4 Å². The molecule has 1 aliphatic rings. The number of ether oxygens (including phenoxy) is 2. The van der Waals surface area contributed by atoms with E-state index in [2.05, 4.69) is 4.74 Å². The van der Waals surface area contributed by atoms with E-state index in [1.165, 1.54) is 0 Å². The molecule has 3 rings (SSSR count). The fourth-order valence-electron chi connectivity index (χ4n) is 3.49. The topological polar surface area (TPSA) is 122 Å². The second kappa shape index (κ2) is 10.7. The molecular weight excluding hydrogens is 581 g/mol. The van der Waals surface area contributed by atoms with Gasteiger partial charge in [0.05, 0.1) is 22.7 Å². The normalized spacial score (nSPS) is 16.1. The molecule has 0 aliphatic carbocycles. The molecule has 2 aromatic rings. The van der Waals surface area contributed by atoms with Crippen LogP contribution in [0.2, 0.25) is 0 Å². The van der Waals surface area contributed by atoms with Crippen molar-refractivity contribution in [2.24, 2.45) is 0 Å². The SMILES string of the molecule is CC(C)(OC(=O)Nc1ccc2c(c1)N(S(=O)(=O)c1cc(F)cc(C(F)(F)F)c1)C[C@H](CCC(=O)O)O2)C(F)(F)F. The maximum Gasteiger partial charge on any atom is 0.427 e. The van der Waals surface area contributed by atoms with Crippen LogP contribution in [0.15, 0.2) is 41.3 Å². The molecule has 0 saturated carbocycles. The molecule has 0 saturated heterocycles. The Morgan fingerprint density at radius 3 is 2.33 bits per heavy atom. The summed E-state index contributed by atoms with van der Waals surface area (Å²) in [5, 5.41) is 11.0. The maximum atomic E-state index is 14.1. The lowest BCUT2D eigenvalue weighted by Gasteiger charge is -2.36. The molecule has 0 fully saturated rings. The highest BCUT2D eigenvalue weighted by Gasteiger charge is 2.51. The number of alkyl halides is 6. The third-order valence-electron chi connectivity index (χ3n) is 5.63. The number of amides is 1. The molecule has 40 heavy (non-hydrogen) atoms. The second-order valence-electron chi connectivity index (χ2n) is 9.09. The summed E-state index contributed by atoms with van der Waals surface area (Å²) in [6.45, 7) is 0.551. The Bertz CT molecular complexity index is 1410. The van der Waals surface area contributed by atoms with Crippen LogP contribution in [-0.4, -0.2) is 50.0 Å². The number of sulfonamides is 1. The quantitative estimate of drug-likeness (QED) is 0.398. The minimum absolute atomic E-state index is 0.0953. The third-order valence-corrected chi connectivity index (χ3v) is 7.39. The van der Waals surface area contributed by atoms with Gasteiger partial charge in [0.2, 0.25) is 5.60 Å². The van der Waals surface area contributed by atoms with Gasteiger partial charge >= 0.3 is 24.4 Å². The molecule has 0 bridgehead atoms. The number of fused-ring (bicyclic) bond motifs is 1. The van der Waals surface area contributed by atoms with Crippen LogP contribution in [0, 0.1) is 5.82 Å². The number of hydrogen-bond acceptors (Lipinski definition) is 6. The molecule has 1 aliphatic heterocycles. The third kappa shape index (κ3) is 6.86. The predicted octanol–water partition coefficient (Wildman–Crippen LogP) is 5.56. The van der Waals surface area contributed by atoms with Crippen LogP contribution in [0.5, 0.6) is 5.75 Å². The van der Waals surface area contributed by atoms with Crippen molar-refractivity contribution in [3.8, 4) is 5.75 Å². The highest BCUT2D eigenvalue weighted by molar-refractivity contribution is 7.92. The number of carbonyl (C=O) groups is 2. The van der Waals surface area contributed by atoms with Crippen molar-refractivity contribution in [3.05, 3.63) is 47.8 Å². The summed E-state index contributed by atoms with van der Waals surface area (Å²) in [4.78, 5) is 22.0. The van der Waals surface area contributed by atoms with Crippen LogP contribution in [-0.2, 0) is 25.7 Å². The van der Waals surface area contributed by atoms with Gasteiger partial charge in [-0.2, -0.15) is 26.3 Å². The average molecular weight is 602 g/mol. The number of nitrogens with one attached hydrogen (secondary N) is 1. The summed E-state index contributed by atoms with van der Waals surface area (Å²) in [6.07, 6.45) is -13.4. The van der Waals surface area contributed by atoms with Gasteiger partial charge in [-0.15, -0.1) is 0 Å². The number of carboxylic acid groups (broad SMARTS) is 1. The lowest BCUT2D eigenvalue weighted by atomic mass is 10.1. The van der Waals surface area contributed by atoms with E-state index >= 15 is 0 Å². The molecule has 1 heterocycles. The molecule has 0 unspecified atom stereocenters. The first-order valence-corrected chi connectivity index (χ1v) is 12.6. The summed E-state index contributed by atoms with van der Waals surface area (Å²) >= 11 is 0. The Balaban J connectivity index is 2.04. The smallest absolute Gasteiger partial charge is 0.427 e. The van der Waals surface area contributed by atoms with Crippen molar-refractivity contribution in [1.29, 1.82) is 0 Å². The molecule has 1 atom stereocenters. The van der Waals surface area contributed by atoms with E-state index in [0.29, 0.717) is 24.2 Å². The summed E-state index contributed by atoms with van der Waals surface area (Å²) in [5.41, 5.74) is -5.15. The number of rotatable bonds is 7. The Morgan fingerprint density at radius 2 is 1.75 bits per heavy atom. The largest absolute Gasteiger partial charge is 0.486 e. The Hall–Kier alpha value is -3.76.